The second-order valence-electron chi connectivity index (χ2n) is 4.46. The Kier molecular flexibility index (Phi) is 4.28. The highest BCUT2D eigenvalue weighted by atomic mass is 35.5. The Morgan fingerprint density at radius 1 is 1.06 bits per heavy atom. The Morgan fingerprint density at radius 2 is 1.72 bits per heavy atom. The van der Waals surface area contributed by atoms with Gasteiger partial charge in [0.15, 0.2) is 0 Å². The van der Waals surface area contributed by atoms with Crippen LogP contribution in [0.15, 0.2) is 42.5 Å². The first kappa shape index (κ1) is 13.4. The van der Waals surface area contributed by atoms with Gasteiger partial charge in [0.25, 0.3) is 0 Å². The van der Waals surface area contributed by atoms with E-state index in [4.69, 9.17) is 28.9 Å². The van der Waals surface area contributed by atoms with Gasteiger partial charge >= 0.3 is 0 Å². The van der Waals surface area contributed by atoms with Crippen LogP contribution in [-0.4, -0.2) is 0 Å². The highest BCUT2D eigenvalue weighted by Gasteiger charge is 2.11. The molecule has 1 unspecified atom stereocenters. The fourth-order valence-corrected chi connectivity index (χ4v) is 2.42. The zero-order valence-corrected chi connectivity index (χ0v) is 11.7. The van der Waals surface area contributed by atoms with E-state index in [-0.39, 0.29) is 6.04 Å². The molecule has 18 heavy (non-hydrogen) atoms. The Bertz CT molecular complexity index is 535. The summed E-state index contributed by atoms with van der Waals surface area (Å²) in [5.74, 6) is 0. The second-order valence-corrected chi connectivity index (χ2v) is 5.31. The molecule has 2 N–H and O–H groups in total. The lowest BCUT2D eigenvalue weighted by molar-refractivity contribution is 0.722. The normalized spacial score (nSPS) is 12.4. The van der Waals surface area contributed by atoms with E-state index < -0.39 is 0 Å². The number of hydrogen-bond acceptors (Lipinski definition) is 1. The van der Waals surface area contributed by atoms with Crippen LogP contribution in [0.25, 0.3) is 0 Å². The molecule has 0 bridgehead atoms. The summed E-state index contributed by atoms with van der Waals surface area (Å²) in [5, 5.41) is 1.47. The van der Waals surface area contributed by atoms with Crippen LogP contribution >= 0.6 is 23.2 Å². The van der Waals surface area contributed by atoms with Crippen LogP contribution in [0, 0.1) is 6.92 Å². The molecule has 3 heteroatoms. The van der Waals surface area contributed by atoms with Gasteiger partial charge in [-0.25, -0.2) is 0 Å². The van der Waals surface area contributed by atoms with Gasteiger partial charge in [-0.15, -0.1) is 0 Å². The van der Waals surface area contributed by atoms with Gasteiger partial charge in [0.05, 0.1) is 0 Å². The van der Waals surface area contributed by atoms with Crippen LogP contribution in [0.4, 0.5) is 0 Å². The van der Waals surface area contributed by atoms with Crippen molar-refractivity contribution in [2.24, 2.45) is 5.73 Å². The van der Waals surface area contributed by atoms with E-state index in [0.29, 0.717) is 0 Å². The molecule has 2 rings (SSSR count). The van der Waals surface area contributed by atoms with Gasteiger partial charge in [-0.05, 0) is 48.2 Å². The predicted molar refractivity (Wildman–Crippen MR) is 78.3 cm³/mol. The van der Waals surface area contributed by atoms with Crippen molar-refractivity contribution in [3.8, 4) is 0 Å². The summed E-state index contributed by atoms with van der Waals surface area (Å²) in [6.45, 7) is 2.01. The van der Waals surface area contributed by atoms with Crippen molar-refractivity contribution in [2.45, 2.75) is 19.4 Å². The maximum Gasteiger partial charge on any atom is 0.0456 e. The lowest BCUT2D eigenvalue weighted by Gasteiger charge is -2.14. The molecule has 2 aromatic rings. The summed E-state index contributed by atoms with van der Waals surface area (Å²) in [6.07, 6.45) is 0.750. The lowest BCUT2D eigenvalue weighted by atomic mass is 9.99. The highest BCUT2D eigenvalue weighted by molar-refractivity contribution is 6.31. The number of nitrogens with two attached hydrogens (primary N) is 1. The van der Waals surface area contributed by atoms with Crippen LogP contribution in [0.2, 0.25) is 10.0 Å². The summed E-state index contributed by atoms with van der Waals surface area (Å²) in [4.78, 5) is 0. The van der Waals surface area contributed by atoms with Crippen LogP contribution in [-0.2, 0) is 6.42 Å². The maximum absolute atomic E-state index is 6.21. The standard InChI is InChI=1S/C15H15Cl2N/c1-10-2-7-13(14(17)8-10)15(18)9-11-3-5-12(16)6-4-11/h2-8,15H,9,18H2,1H3. The predicted octanol–water partition coefficient (Wildman–Crippen LogP) is 4.54. The number of halogens is 2. The van der Waals surface area contributed by atoms with Crippen LogP contribution in [0.1, 0.15) is 22.7 Å². The number of rotatable bonds is 3. The van der Waals surface area contributed by atoms with Gasteiger partial charge in [0.1, 0.15) is 0 Å². The third-order valence-electron chi connectivity index (χ3n) is 2.92. The molecule has 0 radical (unpaired) electrons. The summed E-state index contributed by atoms with van der Waals surface area (Å²) < 4.78 is 0. The van der Waals surface area contributed by atoms with Gasteiger partial charge in [-0.3, -0.25) is 0 Å². The van der Waals surface area contributed by atoms with Crippen molar-refractivity contribution >= 4 is 23.2 Å². The lowest BCUT2D eigenvalue weighted by Crippen LogP contribution is -2.13. The van der Waals surface area contributed by atoms with Crippen molar-refractivity contribution in [1.82, 2.24) is 0 Å². The van der Waals surface area contributed by atoms with Crippen molar-refractivity contribution in [2.75, 3.05) is 0 Å². The minimum Gasteiger partial charge on any atom is -0.324 e. The second kappa shape index (κ2) is 5.75. The monoisotopic (exact) mass is 279 g/mol. The topological polar surface area (TPSA) is 26.0 Å². The minimum atomic E-state index is -0.0979. The fourth-order valence-electron chi connectivity index (χ4n) is 1.92. The third kappa shape index (κ3) is 3.26. The first-order chi connectivity index (χ1) is 8.56. The van der Waals surface area contributed by atoms with E-state index in [9.17, 15) is 0 Å². The molecule has 0 aliphatic carbocycles. The smallest absolute Gasteiger partial charge is 0.0456 e. The molecule has 0 aliphatic rings. The van der Waals surface area contributed by atoms with Gasteiger partial charge in [-0.1, -0.05) is 47.5 Å². The average molecular weight is 280 g/mol. The number of aryl methyl sites for hydroxylation is 1. The van der Waals surface area contributed by atoms with E-state index in [1.54, 1.807) is 0 Å². The fraction of sp³-hybridized carbons (Fsp3) is 0.200. The molecule has 0 spiro atoms. The molecule has 94 valence electrons. The summed E-state index contributed by atoms with van der Waals surface area (Å²) in [5.41, 5.74) is 9.48. The number of benzene rings is 2. The van der Waals surface area contributed by atoms with Crippen molar-refractivity contribution in [3.05, 3.63) is 69.2 Å². The Hall–Kier alpha value is -1.02. The molecule has 0 aliphatic heterocycles. The van der Waals surface area contributed by atoms with Gasteiger partial charge in [-0.2, -0.15) is 0 Å². The van der Waals surface area contributed by atoms with E-state index in [2.05, 4.69) is 0 Å². The molecular formula is C15H15Cl2N. The highest BCUT2D eigenvalue weighted by Crippen LogP contribution is 2.25. The Labute approximate surface area is 118 Å². The van der Waals surface area contributed by atoms with Crippen molar-refractivity contribution < 1.29 is 0 Å². The summed E-state index contributed by atoms with van der Waals surface area (Å²) in [6, 6.07) is 13.6. The molecule has 0 saturated carbocycles. The molecular weight excluding hydrogens is 265 g/mol. The Morgan fingerprint density at radius 3 is 2.33 bits per heavy atom. The summed E-state index contributed by atoms with van der Waals surface area (Å²) >= 11 is 12.1. The largest absolute Gasteiger partial charge is 0.324 e. The Balaban J connectivity index is 2.16. The molecule has 0 fully saturated rings. The zero-order valence-electron chi connectivity index (χ0n) is 10.2. The molecule has 0 heterocycles. The molecule has 1 atom stereocenters. The van der Waals surface area contributed by atoms with Gasteiger partial charge < -0.3 is 5.73 Å². The first-order valence-corrected chi connectivity index (χ1v) is 6.58. The maximum atomic E-state index is 6.21. The first-order valence-electron chi connectivity index (χ1n) is 5.82. The SMILES string of the molecule is Cc1ccc(C(N)Cc2ccc(Cl)cc2)c(Cl)c1. The van der Waals surface area contributed by atoms with E-state index in [1.165, 1.54) is 0 Å². The van der Waals surface area contributed by atoms with E-state index in [1.807, 2.05) is 49.4 Å². The minimum absolute atomic E-state index is 0.0979. The van der Waals surface area contributed by atoms with Crippen LogP contribution in [0.3, 0.4) is 0 Å². The van der Waals surface area contributed by atoms with E-state index in [0.717, 1.165) is 33.2 Å². The molecule has 0 saturated heterocycles. The zero-order chi connectivity index (χ0) is 13.1. The van der Waals surface area contributed by atoms with Gasteiger partial charge in [0.2, 0.25) is 0 Å². The van der Waals surface area contributed by atoms with E-state index >= 15 is 0 Å². The molecule has 2 aromatic carbocycles. The quantitative estimate of drug-likeness (QED) is 0.877. The van der Waals surface area contributed by atoms with Gasteiger partial charge in [0, 0.05) is 16.1 Å². The average Bonchev–Trinajstić information content (AvgIpc) is 2.32. The van der Waals surface area contributed by atoms with Crippen LogP contribution < -0.4 is 5.73 Å². The van der Waals surface area contributed by atoms with Crippen LogP contribution in [0.5, 0.6) is 0 Å². The summed E-state index contributed by atoms with van der Waals surface area (Å²) in [7, 11) is 0. The molecule has 0 aromatic heterocycles. The third-order valence-corrected chi connectivity index (χ3v) is 3.50. The van der Waals surface area contributed by atoms with Crippen molar-refractivity contribution in [1.29, 1.82) is 0 Å². The number of hydrogen-bond donors (Lipinski definition) is 1. The van der Waals surface area contributed by atoms with Crippen molar-refractivity contribution in [3.63, 3.8) is 0 Å². The molecule has 0 amide bonds. The molecule has 1 nitrogen and oxygen atoms in total.